The second kappa shape index (κ2) is 13.1. The molecule has 0 aromatic heterocycles. The van der Waals surface area contributed by atoms with E-state index in [4.69, 9.17) is 19.7 Å². The highest BCUT2D eigenvalue weighted by molar-refractivity contribution is 7.99. The molecule has 0 amide bonds. The van der Waals surface area contributed by atoms with Crippen molar-refractivity contribution in [3.8, 4) is 0 Å². The summed E-state index contributed by atoms with van der Waals surface area (Å²) < 4.78 is 31.5. The first-order valence-corrected chi connectivity index (χ1v) is 10.6. The highest BCUT2D eigenvalue weighted by atomic mass is 32.2. The number of thioether (sulfide) groups is 1. The van der Waals surface area contributed by atoms with Crippen LogP contribution in [0.25, 0.3) is 0 Å². The van der Waals surface area contributed by atoms with Crippen molar-refractivity contribution in [2.45, 2.75) is 6.92 Å². The van der Waals surface area contributed by atoms with Gasteiger partial charge in [-0.2, -0.15) is 11.8 Å². The van der Waals surface area contributed by atoms with Gasteiger partial charge in [0.2, 0.25) is 0 Å². The van der Waals surface area contributed by atoms with E-state index in [0.717, 1.165) is 5.75 Å². The van der Waals surface area contributed by atoms with Gasteiger partial charge in [0.05, 0.1) is 47.0 Å². The van der Waals surface area contributed by atoms with Crippen molar-refractivity contribution in [2.24, 2.45) is 11.7 Å². The number of carbonyl (C=O) groups excluding carboxylic acids is 1. The number of phosphoric acid groups is 1. The molecule has 0 spiro atoms. The largest absolute Gasteiger partial charge is 0.756 e. The Kier molecular flexibility index (Phi) is 13.0. The van der Waals surface area contributed by atoms with Crippen molar-refractivity contribution in [2.75, 3.05) is 72.4 Å². The van der Waals surface area contributed by atoms with Crippen molar-refractivity contribution in [3.63, 3.8) is 0 Å². The zero-order valence-electron chi connectivity index (χ0n) is 15.5. The van der Waals surface area contributed by atoms with E-state index in [2.05, 4.69) is 4.52 Å². The molecule has 0 rings (SSSR count). The molecule has 0 radical (unpaired) electrons. The standard InChI is InChI=1S/C14H31N2O7PS/c1-13(11-25-10-9-20-12-15)14(17)21-7-8-23-24(18,19)22-6-5-16(2,3)4/h13H,5-12,15H2,1-4H3. The number of phosphoric ester groups is 1. The maximum absolute atomic E-state index is 11.7. The second-order valence-corrected chi connectivity index (χ2v) is 8.91. The Hall–Kier alpha value is -0.190. The Bertz CT molecular complexity index is 420. The van der Waals surface area contributed by atoms with Crippen molar-refractivity contribution in [1.29, 1.82) is 0 Å². The van der Waals surface area contributed by atoms with E-state index < -0.39 is 13.8 Å². The normalized spacial score (nSPS) is 15.6. The summed E-state index contributed by atoms with van der Waals surface area (Å²) in [5.41, 5.74) is 5.19. The number of carbonyl (C=O) groups is 1. The molecular weight excluding hydrogens is 371 g/mol. The van der Waals surface area contributed by atoms with Gasteiger partial charge in [0.1, 0.15) is 19.8 Å². The summed E-state index contributed by atoms with van der Waals surface area (Å²) in [6.45, 7) is 2.61. The summed E-state index contributed by atoms with van der Waals surface area (Å²) in [4.78, 5) is 23.3. The SMILES string of the molecule is CC(CSCCOCN)C(=O)OCCOP(=O)([O-])OCC[N+](C)(C)C. The van der Waals surface area contributed by atoms with Gasteiger partial charge in [0.25, 0.3) is 7.82 Å². The summed E-state index contributed by atoms with van der Waals surface area (Å²) in [5, 5.41) is 0. The van der Waals surface area contributed by atoms with E-state index in [-0.39, 0.29) is 32.5 Å². The monoisotopic (exact) mass is 402 g/mol. The first-order valence-electron chi connectivity index (χ1n) is 8.00. The number of hydrogen-bond acceptors (Lipinski definition) is 9. The second-order valence-electron chi connectivity index (χ2n) is 6.35. The van der Waals surface area contributed by atoms with Gasteiger partial charge in [-0.05, 0) is 0 Å². The van der Waals surface area contributed by atoms with E-state index in [1.54, 1.807) is 18.7 Å². The summed E-state index contributed by atoms with van der Waals surface area (Å²) in [7, 11) is 1.39. The lowest BCUT2D eigenvalue weighted by molar-refractivity contribution is -0.870. The maximum atomic E-state index is 11.7. The molecule has 2 unspecified atom stereocenters. The number of likely N-dealkylation sites (N-methyl/N-ethyl adjacent to an activating group) is 1. The molecule has 0 aromatic carbocycles. The third-order valence-electron chi connectivity index (χ3n) is 2.85. The molecule has 2 N–H and O–H groups in total. The molecule has 9 nitrogen and oxygen atoms in total. The number of hydrogen-bond donors (Lipinski definition) is 1. The number of rotatable bonds is 15. The molecule has 150 valence electrons. The Morgan fingerprint density at radius 2 is 1.84 bits per heavy atom. The van der Waals surface area contributed by atoms with E-state index in [1.165, 1.54) is 0 Å². The molecule has 11 heteroatoms. The Morgan fingerprint density at radius 1 is 1.20 bits per heavy atom. The van der Waals surface area contributed by atoms with Gasteiger partial charge >= 0.3 is 5.97 Å². The van der Waals surface area contributed by atoms with Crippen LogP contribution in [0.5, 0.6) is 0 Å². The van der Waals surface area contributed by atoms with E-state index in [0.29, 0.717) is 23.4 Å². The number of esters is 1. The zero-order chi connectivity index (χ0) is 19.3. The Morgan fingerprint density at radius 3 is 2.44 bits per heavy atom. The molecule has 0 heterocycles. The molecule has 2 atom stereocenters. The third kappa shape index (κ3) is 15.8. The fourth-order valence-corrected chi connectivity index (χ4v) is 3.00. The van der Waals surface area contributed by atoms with Crippen molar-refractivity contribution in [3.05, 3.63) is 0 Å². The number of quaternary nitrogens is 1. The number of nitrogens with two attached hydrogens (primary N) is 1. The van der Waals surface area contributed by atoms with Crippen LogP contribution >= 0.6 is 19.6 Å². The fourth-order valence-electron chi connectivity index (χ4n) is 1.43. The number of nitrogens with zero attached hydrogens (tertiary/aromatic N) is 1. The zero-order valence-corrected chi connectivity index (χ0v) is 17.2. The van der Waals surface area contributed by atoms with Gasteiger partial charge in [-0.15, -0.1) is 0 Å². The molecule has 0 aliphatic heterocycles. The fraction of sp³-hybridized carbons (Fsp3) is 0.929. The van der Waals surface area contributed by atoms with Crippen molar-refractivity contribution in [1.82, 2.24) is 0 Å². The molecular formula is C14H31N2O7PS. The maximum Gasteiger partial charge on any atom is 0.309 e. The topological polar surface area (TPSA) is 120 Å². The Labute approximate surface area is 154 Å². The summed E-state index contributed by atoms with van der Waals surface area (Å²) >= 11 is 1.56. The van der Waals surface area contributed by atoms with Crippen LogP contribution in [0.2, 0.25) is 0 Å². The quantitative estimate of drug-likeness (QED) is 0.133. The van der Waals surface area contributed by atoms with E-state index in [9.17, 15) is 14.3 Å². The van der Waals surface area contributed by atoms with E-state index >= 15 is 0 Å². The summed E-state index contributed by atoms with van der Waals surface area (Å²) in [5.74, 6) is 0.620. The summed E-state index contributed by atoms with van der Waals surface area (Å²) in [6, 6.07) is 0. The molecule has 25 heavy (non-hydrogen) atoms. The van der Waals surface area contributed by atoms with Gasteiger partial charge in [0.15, 0.2) is 0 Å². The highest BCUT2D eigenvalue weighted by Gasteiger charge is 2.16. The molecule has 0 aromatic rings. The minimum Gasteiger partial charge on any atom is -0.756 e. The highest BCUT2D eigenvalue weighted by Crippen LogP contribution is 2.37. The molecule has 0 bridgehead atoms. The van der Waals surface area contributed by atoms with Crippen molar-refractivity contribution >= 4 is 25.6 Å². The lowest BCUT2D eigenvalue weighted by Gasteiger charge is -2.27. The average molecular weight is 402 g/mol. The molecule has 0 fully saturated rings. The minimum absolute atomic E-state index is 0.0339. The third-order valence-corrected chi connectivity index (χ3v) is 5.04. The van der Waals surface area contributed by atoms with Crippen LogP contribution in [-0.4, -0.2) is 82.8 Å². The minimum atomic E-state index is -4.37. The van der Waals surface area contributed by atoms with Gasteiger partial charge in [-0.25, -0.2) is 0 Å². The van der Waals surface area contributed by atoms with Crippen LogP contribution in [-0.2, 0) is 27.9 Å². The molecule has 0 saturated carbocycles. The van der Waals surface area contributed by atoms with Crippen LogP contribution in [0.4, 0.5) is 0 Å². The first kappa shape index (κ1) is 24.8. The predicted octanol–water partition coefficient (Wildman–Crippen LogP) is 0.0395. The van der Waals surface area contributed by atoms with Gasteiger partial charge in [-0.3, -0.25) is 9.36 Å². The lowest BCUT2D eigenvalue weighted by atomic mass is 10.2. The van der Waals surface area contributed by atoms with Crippen LogP contribution in [0.1, 0.15) is 6.92 Å². The van der Waals surface area contributed by atoms with Crippen LogP contribution < -0.4 is 10.6 Å². The van der Waals surface area contributed by atoms with Crippen LogP contribution in [0, 0.1) is 5.92 Å². The first-order chi connectivity index (χ1) is 11.6. The smallest absolute Gasteiger partial charge is 0.309 e. The lowest BCUT2D eigenvalue weighted by Crippen LogP contribution is -2.37. The van der Waals surface area contributed by atoms with Gasteiger partial charge < -0.3 is 33.6 Å². The average Bonchev–Trinajstić information content (AvgIpc) is 2.49. The predicted molar refractivity (Wildman–Crippen MR) is 94.9 cm³/mol. The molecule has 0 aliphatic carbocycles. The van der Waals surface area contributed by atoms with Crippen molar-refractivity contribution < 1.29 is 37.3 Å². The molecule has 0 saturated heterocycles. The summed E-state index contributed by atoms with van der Waals surface area (Å²) in [6.07, 6.45) is 0. The van der Waals surface area contributed by atoms with Gasteiger partial charge in [-0.1, -0.05) is 6.92 Å². The van der Waals surface area contributed by atoms with Crippen LogP contribution in [0.3, 0.4) is 0 Å². The molecule has 0 aliphatic rings. The van der Waals surface area contributed by atoms with Gasteiger partial charge in [0, 0.05) is 11.5 Å². The Balaban J connectivity index is 3.80. The van der Waals surface area contributed by atoms with Crippen LogP contribution in [0.15, 0.2) is 0 Å². The van der Waals surface area contributed by atoms with E-state index in [1.807, 2.05) is 21.1 Å². The number of ether oxygens (including phenoxy) is 2.